The highest BCUT2D eigenvalue weighted by molar-refractivity contribution is 6.07. The fourth-order valence-electron chi connectivity index (χ4n) is 5.51. The predicted molar refractivity (Wildman–Crippen MR) is 91.9 cm³/mol. The molecule has 7 heteroatoms. The van der Waals surface area contributed by atoms with Crippen LogP contribution in [0.4, 0.5) is 0 Å². The number of carbonyl (C=O) groups is 4. The van der Waals surface area contributed by atoms with E-state index in [4.69, 9.17) is 0 Å². The van der Waals surface area contributed by atoms with Crippen molar-refractivity contribution in [1.82, 2.24) is 10.6 Å². The molecule has 27 heavy (non-hydrogen) atoms. The first-order valence-corrected chi connectivity index (χ1v) is 9.14. The SMILES string of the molecule is O=C1NC(=O)[C@H]2CC=C3[C@@H](C[C@H]4C(=O)NC(=O)[C@H]4[C@H]3c3ccccc3O)[C@@H]12. The van der Waals surface area contributed by atoms with E-state index in [9.17, 15) is 24.3 Å². The molecule has 138 valence electrons. The van der Waals surface area contributed by atoms with Crippen molar-refractivity contribution >= 4 is 23.6 Å². The maximum Gasteiger partial charge on any atom is 0.231 e. The van der Waals surface area contributed by atoms with Crippen molar-refractivity contribution < 1.29 is 24.3 Å². The first-order chi connectivity index (χ1) is 13.0. The van der Waals surface area contributed by atoms with Gasteiger partial charge in [0.1, 0.15) is 5.75 Å². The van der Waals surface area contributed by atoms with Gasteiger partial charge >= 0.3 is 0 Å². The zero-order valence-electron chi connectivity index (χ0n) is 14.3. The lowest BCUT2D eigenvalue weighted by atomic mass is 9.57. The van der Waals surface area contributed by atoms with Gasteiger partial charge in [0.15, 0.2) is 0 Å². The Balaban J connectivity index is 1.67. The molecule has 3 fully saturated rings. The summed E-state index contributed by atoms with van der Waals surface area (Å²) >= 11 is 0. The van der Waals surface area contributed by atoms with Gasteiger partial charge in [-0.1, -0.05) is 29.8 Å². The van der Waals surface area contributed by atoms with Gasteiger partial charge in [0.05, 0.1) is 23.7 Å². The van der Waals surface area contributed by atoms with Crippen LogP contribution in [0.5, 0.6) is 5.75 Å². The number of para-hydroxylation sites is 1. The molecule has 0 bridgehead atoms. The minimum absolute atomic E-state index is 0.0593. The number of fused-ring (bicyclic) bond motifs is 4. The summed E-state index contributed by atoms with van der Waals surface area (Å²) in [4.78, 5) is 49.5. The molecule has 1 aromatic carbocycles. The number of aromatic hydroxyl groups is 1. The van der Waals surface area contributed by atoms with Gasteiger partial charge in [0, 0.05) is 11.5 Å². The van der Waals surface area contributed by atoms with E-state index in [0.29, 0.717) is 18.4 Å². The lowest BCUT2D eigenvalue weighted by Crippen LogP contribution is -2.42. The molecule has 3 N–H and O–H groups in total. The first-order valence-electron chi connectivity index (χ1n) is 9.14. The van der Waals surface area contributed by atoms with Crippen LogP contribution in [0.25, 0.3) is 0 Å². The number of allylic oxidation sites excluding steroid dienone is 2. The number of hydrogen-bond acceptors (Lipinski definition) is 5. The van der Waals surface area contributed by atoms with Gasteiger partial charge in [-0.25, -0.2) is 0 Å². The van der Waals surface area contributed by atoms with Crippen LogP contribution in [-0.4, -0.2) is 28.7 Å². The zero-order valence-corrected chi connectivity index (χ0v) is 14.3. The number of amides is 4. The van der Waals surface area contributed by atoms with Crippen LogP contribution in [-0.2, 0) is 19.2 Å². The highest BCUT2D eigenvalue weighted by atomic mass is 16.3. The van der Waals surface area contributed by atoms with Gasteiger partial charge in [-0.2, -0.15) is 0 Å². The summed E-state index contributed by atoms with van der Waals surface area (Å²) in [7, 11) is 0. The molecule has 2 aliphatic heterocycles. The number of rotatable bonds is 1. The molecule has 4 amide bonds. The van der Waals surface area contributed by atoms with Crippen molar-refractivity contribution in [2.75, 3.05) is 0 Å². The minimum Gasteiger partial charge on any atom is -0.508 e. The van der Waals surface area contributed by atoms with E-state index in [1.54, 1.807) is 24.3 Å². The van der Waals surface area contributed by atoms with Crippen molar-refractivity contribution in [1.29, 1.82) is 0 Å². The van der Waals surface area contributed by atoms with E-state index in [-0.39, 0.29) is 35.3 Å². The lowest BCUT2D eigenvalue weighted by Gasteiger charge is -2.44. The number of phenols is 1. The molecule has 2 heterocycles. The number of nitrogens with one attached hydrogen (secondary N) is 2. The maximum atomic E-state index is 12.6. The summed E-state index contributed by atoms with van der Waals surface area (Å²) < 4.78 is 0. The first kappa shape index (κ1) is 16.2. The quantitative estimate of drug-likeness (QED) is 0.498. The molecule has 1 saturated carbocycles. The number of imide groups is 2. The van der Waals surface area contributed by atoms with Crippen LogP contribution in [0.15, 0.2) is 35.9 Å². The number of benzene rings is 1. The van der Waals surface area contributed by atoms with E-state index in [2.05, 4.69) is 10.6 Å². The van der Waals surface area contributed by atoms with Crippen molar-refractivity contribution in [3.8, 4) is 5.75 Å². The summed E-state index contributed by atoms with van der Waals surface area (Å²) in [5.74, 6) is -4.08. The fourth-order valence-corrected chi connectivity index (χ4v) is 5.51. The standard InChI is InChI=1S/C20H18N2O5/c23-13-4-2-1-3-9(13)14-8-5-6-10-15(19(26)21-17(10)24)11(8)7-12-16(14)20(27)22-18(12)25/h1-5,10-12,14-16,23H,6-7H2,(H,21,24,26)(H,22,25,27)/t10-,11+,12+,14+,15-,16+/m0/s1. The summed E-state index contributed by atoms with van der Waals surface area (Å²) in [6.07, 6.45) is 2.72. The molecular weight excluding hydrogens is 348 g/mol. The summed E-state index contributed by atoms with van der Waals surface area (Å²) in [5.41, 5.74) is 1.46. The third-order valence-electron chi connectivity index (χ3n) is 6.61. The molecule has 6 atom stereocenters. The monoisotopic (exact) mass is 366 g/mol. The van der Waals surface area contributed by atoms with Gasteiger partial charge in [0.25, 0.3) is 0 Å². The van der Waals surface area contributed by atoms with Crippen molar-refractivity contribution in [3.63, 3.8) is 0 Å². The molecule has 0 unspecified atom stereocenters. The highest BCUT2D eigenvalue weighted by Crippen LogP contribution is 2.56. The van der Waals surface area contributed by atoms with E-state index in [1.807, 2.05) is 6.08 Å². The maximum absolute atomic E-state index is 12.6. The van der Waals surface area contributed by atoms with Gasteiger partial charge in [0.2, 0.25) is 23.6 Å². The average Bonchev–Trinajstić information content (AvgIpc) is 3.09. The fraction of sp³-hybridized carbons (Fsp3) is 0.400. The van der Waals surface area contributed by atoms with E-state index in [1.165, 1.54) is 0 Å². The molecule has 0 aromatic heterocycles. The summed E-state index contributed by atoms with van der Waals surface area (Å²) in [5, 5.41) is 15.3. The highest BCUT2D eigenvalue weighted by Gasteiger charge is 2.58. The Morgan fingerprint density at radius 1 is 0.815 bits per heavy atom. The molecule has 1 aromatic rings. The normalized spacial score (nSPS) is 37.1. The molecule has 2 aliphatic carbocycles. The zero-order chi connectivity index (χ0) is 18.9. The van der Waals surface area contributed by atoms with Crippen molar-refractivity contribution in [2.45, 2.75) is 18.8 Å². The second kappa shape index (κ2) is 5.52. The minimum atomic E-state index is -0.606. The Morgan fingerprint density at radius 2 is 1.48 bits per heavy atom. The van der Waals surface area contributed by atoms with Crippen LogP contribution in [0, 0.1) is 29.6 Å². The topological polar surface area (TPSA) is 113 Å². The molecule has 0 spiro atoms. The smallest absolute Gasteiger partial charge is 0.231 e. The Hall–Kier alpha value is -2.96. The van der Waals surface area contributed by atoms with Crippen molar-refractivity contribution in [2.24, 2.45) is 29.6 Å². The Morgan fingerprint density at radius 3 is 2.22 bits per heavy atom. The number of hydrogen-bond donors (Lipinski definition) is 3. The number of carbonyl (C=O) groups excluding carboxylic acids is 4. The second-order valence-corrected chi connectivity index (χ2v) is 7.79. The second-order valence-electron chi connectivity index (χ2n) is 7.79. The Kier molecular flexibility index (Phi) is 3.32. The van der Waals surface area contributed by atoms with Gasteiger partial charge in [-0.3, -0.25) is 29.8 Å². The average molecular weight is 366 g/mol. The third-order valence-corrected chi connectivity index (χ3v) is 6.61. The molecule has 7 nitrogen and oxygen atoms in total. The molecule has 5 rings (SSSR count). The van der Waals surface area contributed by atoms with Crippen molar-refractivity contribution in [3.05, 3.63) is 41.5 Å². The van der Waals surface area contributed by atoms with Gasteiger partial charge in [-0.05, 0) is 24.8 Å². The van der Waals surface area contributed by atoms with E-state index >= 15 is 0 Å². The van der Waals surface area contributed by atoms with E-state index < -0.39 is 29.6 Å². The third kappa shape index (κ3) is 2.14. The molecular formula is C20H18N2O5. The molecule has 2 saturated heterocycles. The van der Waals surface area contributed by atoms with E-state index in [0.717, 1.165) is 5.57 Å². The predicted octanol–water partition coefficient (Wildman–Crippen LogP) is 0.603. The summed E-state index contributed by atoms with van der Waals surface area (Å²) in [6.45, 7) is 0. The van der Waals surface area contributed by atoms with Crippen LogP contribution in [0.1, 0.15) is 24.3 Å². The lowest BCUT2D eigenvalue weighted by molar-refractivity contribution is -0.128. The Bertz CT molecular complexity index is 936. The molecule has 4 aliphatic rings. The summed E-state index contributed by atoms with van der Waals surface area (Å²) in [6, 6.07) is 6.79. The van der Waals surface area contributed by atoms with Crippen LogP contribution >= 0.6 is 0 Å². The van der Waals surface area contributed by atoms with Crippen LogP contribution in [0.3, 0.4) is 0 Å². The van der Waals surface area contributed by atoms with Crippen LogP contribution < -0.4 is 10.6 Å². The van der Waals surface area contributed by atoms with Gasteiger partial charge < -0.3 is 5.11 Å². The largest absolute Gasteiger partial charge is 0.508 e. The number of phenolic OH excluding ortho intramolecular Hbond substituents is 1. The van der Waals surface area contributed by atoms with Crippen LogP contribution in [0.2, 0.25) is 0 Å². The molecule has 0 radical (unpaired) electrons. The van der Waals surface area contributed by atoms with Gasteiger partial charge in [-0.15, -0.1) is 0 Å². The Labute approximate surface area is 154 Å².